The Morgan fingerprint density at radius 2 is 1.81 bits per heavy atom. The van der Waals surface area contributed by atoms with E-state index < -0.39 is 6.10 Å². The number of aromatic nitrogens is 4. The Bertz CT molecular complexity index is 1750. The molecule has 3 heterocycles. The minimum atomic E-state index is -0.691. The number of carbonyl (C=O) groups is 2. The number of esters is 1. The SMILES string of the molecule is O=C(CCCNc1ncnc2cc(C(=O)N3CCCC3)c(Cl)cc12)OC(c1ccccc1)c1nc2ccc(Cl)cc2[nH]1. The lowest BCUT2D eigenvalue weighted by Gasteiger charge is -2.17. The smallest absolute Gasteiger partial charge is 0.306 e. The minimum absolute atomic E-state index is 0.0775. The summed E-state index contributed by atoms with van der Waals surface area (Å²) < 4.78 is 5.93. The minimum Gasteiger partial charge on any atom is -0.449 e. The molecule has 11 heteroatoms. The Kier molecular flexibility index (Phi) is 8.21. The fourth-order valence-electron chi connectivity index (χ4n) is 5.14. The summed E-state index contributed by atoms with van der Waals surface area (Å²) in [5.41, 5.74) is 3.38. The summed E-state index contributed by atoms with van der Waals surface area (Å²) in [4.78, 5) is 44.3. The molecule has 2 N–H and O–H groups in total. The van der Waals surface area contributed by atoms with Gasteiger partial charge in [-0.2, -0.15) is 0 Å². The molecule has 1 unspecified atom stereocenters. The Hall–Kier alpha value is -4.21. The van der Waals surface area contributed by atoms with E-state index in [1.165, 1.54) is 6.33 Å². The van der Waals surface area contributed by atoms with Crippen LogP contribution in [0.4, 0.5) is 5.82 Å². The monoisotopic (exact) mass is 602 g/mol. The van der Waals surface area contributed by atoms with Crippen LogP contribution in [0.25, 0.3) is 21.9 Å². The number of benzene rings is 3. The number of H-pyrrole nitrogens is 1. The first-order valence-corrected chi connectivity index (χ1v) is 14.6. The number of aromatic amines is 1. The van der Waals surface area contributed by atoms with Crippen molar-refractivity contribution in [3.8, 4) is 0 Å². The van der Waals surface area contributed by atoms with Gasteiger partial charge in [0.25, 0.3) is 5.91 Å². The number of hydrogen-bond acceptors (Lipinski definition) is 7. The average Bonchev–Trinajstić information content (AvgIpc) is 3.68. The normalized spacial score (nSPS) is 13.9. The van der Waals surface area contributed by atoms with Gasteiger partial charge in [-0.05, 0) is 49.6 Å². The van der Waals surface area contributed by atoms with Crippen LogP contribution in [0.1, 0.15) is 53.5 Å². The van der Waals surface area contributed by atoms with E-state index in [-0.39, 0.29) is 18.3 Å². The van der Waals surface area contributed by atoms with E-state index in [4.69, 9.17) is 27.9 Å². The Balaban J connectivity index is 1.11. The molecule has 1 fully saturated rings. The van der Waals surface area contributed by atoms with Crippen LogP contribution in [0.5, 0.6) is 0 Å². The molecule has 2 aromatic heterocycles. The second kappa shape index (κ2) is 12.3. The third-order valence-corrected chi connectivity index (χ3v) is 7.81. The van der Waals surface area contributed by atoms with Crippen LogP contribution in [-0.4, -0.2) is 56.3 Å². The summed E-state index contributed by atoms with van der Waals surface area (Å²) in [5.74, 6) is 0.673. The first-order chi connectivity index (χ1) is 20.5. The van der Waals surface area contributed by atoms with Gasteiger partial charge in [-0.3, -0.25) is 9.59 Å². The van der Waals surface area contributed by atoms with Crippen LogP contribution < -0.4 is 5.32 Å². The summed E-state index contributed by atoms with van der Waals surface area (Å²) in [7, 11) is 0. The Labute approximate surface area is 252 Å². The van der Waals surface area contributed by atoms with Crippen molar-refractivity contribution in [2.24, 2.45) is 0 Å². The van der Waals surface area contributed by atoms with Crippen LogP contribution >= 0.6 is 23.2 Å². The number of amides is 1. The number of carbonyl (C=O) groups excluding carboxylic acids is 2. The van der Waals surface area contributed by atoms with Crippen LogP contribution in [-0.2, 0) is 9.53 Å². The lowest BCUT2D eigenvalue weighted by Crippen LogP contribution is -2.27. The number of imidazole rings is 1. The average molecular weight is 604 g/mol. The number of likely N-dealkylation sites (tertiary alicyclic amines) is 1. The molecule has 3 aromatic carbocycles. The highest BCUT2D eigenvalue weighted by Crippen LogP contribution is 2.30. The number of anilines is 1. The quantitative estimate of drug-likeness (QED) is 0.145. The zero-order chi connectivity index (χ0) is 29.1. The number of halogens is 2. The van der Waals surface area contributed by atoms with E-state index in [1.54, 1.807) is 24.3 Å². The molecule has 1 saturated heterocycles. The van der Waals surface area contributed by atoms with E-state index in [2.05, 4.69) is 25.3 Å². The highest BCUT2D eigenvalue weighted by Gasteiger charge is 2.24. The molecule has 214 valence electrons. The molecule has 1 aliphatic heterocycles. The standard InChI is InChI=1S/C31H28Cl2N6O3/c32-20-10-11-24-26(15-20)38-30(37-24)28(19-7-2-1-3-8-19)42-27(40)9-6-12-34-29-22-16-23(33)21(17-25(22)35-18-36-29)31(41)39-13-4-5-14-39/h1-3,7-8,10-11,15-18,28H,4-6,9,12-14H2,(H,37,38)(H,34,35,36). The van der Waals surface area contributed by atoms with Gasteiger partial charge in [0.05, 0.1) is 27.1 Å². The molecule has 42 heavy (non-hydrogen) atoms. The van der Waals surface area contributed by atoms with Gasteiger partial charge in [-0.25, -0.2) is 15.0 Å². The summed E-state index contributed by atoms with van der Waals surface area (Å²) in [6, 6.07) is 18.3. The van der Waals surface area contributed by atoms with Gasteiger partial charge in [0.2, 0.25) is 0 Å². The van der Waals surface area contributed by atoms with Crippen molar-refractivity contribution in [3.05, 3.63) is 94.0 Å². The summed E-state index contributed by atoms with van der Waals surface area (Å²) in [6.07, 6.45) is 3.44. The lowest BCUT2D eigenvalue weighted by molar-refractivity contribution is -0.147. The van der Waals surface area contributed by atoms with E-state index in [0.29, 0.717) is 51.1 Å². The van der Waals surface area contributed by atoms with Gasteiger partial charge in [0, 0.05) is 42.0 Å². The number of rotatable bonds is 9. The van der Waals surface area contributed by atoms with E-state index >= 15 is 0 Å². The number of nitrogens with zero attached hydrogens (tertiary/aromatic N) is 4. The molecule has 0 spiro atoms. The number of nitrogens with one attached hydrogen (secondary N) is 2. The van der Waals surface area contributed by atoms with Gasteiger partial charge >= 0.3 is 5.97 Å². The fourth-order valence-corrected chi connectivity index (χ4v) is 5.55. The van der Waals surface area contributed by atoms with Crippen molar-refractivity contribution < 1.29 is 14.3 Å². The first kappa shape index (κ1) is 27.9. The molecule has 0 saturated carbocycles. The van der Waals surface area contributed by atoms with Crippen molar-refractivity contribution in [1.82, 2.24) is 24.8 Å². The highest BCUT2D eigenvalue weighted by molar-refractivity contribution is 6.35. The van der Waals surface area contributed by atoms with Crippen LogP contribution in [0.15, 0.2) is 67.0 Å². The summed E-state index contributed by atoms with van der Waals surface area (Å²) >= 11 is 12.7. The van der Waals surface area contributed by atoms with Crippen molar-refractivity contribution >= 4 is 62.8 Å². The van der Waals surface area contributed by atoms with Crippen molar-refractivity contribution in [3.63, 3.8) is 0 Å². The third-order valence-electron chi connectivity index (χ3n) is 7.26. The fraction of sp³-hybridized carbons (Fsp3) is 0.258. The van der Waals surface area contributed by atoms with Crippen LogP contribution in [0.3, 0.4) is 0 Å². The second-order valence-corrected chi connectivity index (χ2v) is 11.0. The first-order valence-electron chi connectivity index (χ1n) is 13.8. The predicted octanol–water partition coefficient (Wildman–Crippen LogP) is 6.57. The number of hydrogen-bond donors (Lipinski definition) is 2. The Morgan fingerprint density at radius 3 is 2.62 bits per heavy atom. The van der Waals surface area contributed by atoms with E-state index in [1.807, 2.05) is 41.3 Å². The van der Waals surface area contributed by atoms with Gasteiger partial charge in [0.1, 0.15) is 12.1 Å². The van der Waals surface area contributed by atoms with E-state index in [9.17, 15) is 9.59 Å². The molecule has 6 rings (SSSR count). The molecule has 0 aliphatic carbocycles. The zero-order valence-corrected chi connectivity index (χ0v) is 24.2. The molecule has 5 aromatic rings. The number of ether oxygens (including phenoxy) is 1. The molecule has 1 atom stereocenters. The highest BCUT2D eigenvalue weighted by atomic mass is 35.5. The molecule has 9 nitrogen and oxygen atoms in total. The molecule has 1 amide bonds. The third kappa shape index (κ3) is 6.03. The predicted molar refractivity (Wildman–Crippen MR) is 163 cm³/mol. The van der Waals surface area contributed by atoms with Gasteiger partial charge < -0.3 is 19.9 Å². The van der Waals surface area contributed by atoms with Crippen molar-refractivity contribution in [1.29, 1.82) is 0 Å². The second-order valence-electron chi connectivity index (χ2n) is 10.2. The van der Waals surface area contributed by atoms with Crippen molar-refractivity contribution in [2.45, 2.75) is 31.8 Å². The van der Waals surface area contributed by atoms with Gasteiger partial charge in [0.15, 0.2) is 11.9 Å². The summed E-state index contributed by atoms with van der Waals surface area (Å²) in [5, 5.41) is 4.93. The maximum atomic E-state index is 13.0. The maximum Gasteiger partial charge on any atom is 0.306 e. The topological polar surface area (TPSA) is 113 Å². The summed E-state index contributed by atoms with van der Waals surface area (Å²) in [6.45, 7) is 1.95. The molecular weight excluding hydrogens is 575 g/mol. The molecule has 1 aliphatic rings. The molecular formula is C31H28Cl2N6O3. The Morgan fingerprint density at radius 1 is 1.00 bits per heavy atom. The van der Waals surface area contributed by atoms with E-state index in [0.717, 1.165) is 42.5 Å². The lowest BCUT2D eigenvalue weighted by atomic mass is 10.1. The van der Waals surface area contributed by atoms with Crippen LogP contribution in [0.2, 0.25) is 10.0 Å². The maximum absolute atomic E-state index is 13.0. The molecule has 0 bridgehead atoms. The van der Waals surface area contributed by atoms with Gasteiger partial charge in [-0.1, -0.05) is 53.5 Å². The number of fused-ring (bicyclic) bond motifs is 2. The largest absolute Gasteiger partial charge is 0.449 e. The molecule has 0 radical (unpaired) electrons. The van der Waals surface area contributed by atoms with Gasteiger partial charge in [-0.15, -0.1) is 0 Å². The van der Waals surface area contributed by atoms with Crippen molar-refractivity contribution in [2.75, 3.05) is 25.0 Å². The zero-order valence-electron chi connectivity index (χ0n) is 22.6. The van der Waals surface area contributed by atoms with Crippen LogP contribution in [0, 0.1) is 0 Å².